The predicted octanol–water partition coefficient (Wildman–Crippen LogP) is 4.43. The van der Waals surface area contributed by atoms with E-state index in [4.69, 9.17) is 4.99 Å². The Balaban J connectivity index is 1.12. The van der Waals surface area contributed by atoms with E-state index in [1.54, 1.807) is 0 Å². The summed E-state index contributed by atoms with van der Waals surface area (Å²) in [7, 11) is 0. The van der Waals surface area contributed by atoms with Crippen LogP contribution < -0.4 is 0 Å². The molecule has 188 valence electrons. The summed E-state index contributed by atoms with van der Waals surface area (Å²) in [5.74, 6) is 1.83. The van der Waals surface area contributed by atoms with E-state index in [-0.39, 0.29) is 11.8 Å². The molecule has 2 aromatic carbocycles. The summed E-state index contributed by atoms with van der Waals surface area (Å²) in [6.07, 6.45) is 8.41. The first kappa shape index (κ1) is 22.5. The van der Waals surface area contributed by atoms with E-state index in [0.717, 1.165) is 84.4 Å². The molecule has 0 bridgehead atoms. The van der Waals surface area contributed by atoms with E-state index in [1.165, 1.54) is 0 Å². The standard InChI is InChI=1S/C30H31N5O2/c1-19-14-24(21-2-4-22(5-3-21)25-15-31-32-16-25)8-9-26(19)27-33-30(11-12-30)29(37)35(27)18-20-10-13-34(17-20)28(36)23-6-7-23/h2-5,8-9,14-16,20,23H,6-7,10-13,17-18H2,1H3,(H,31,32)/t20-/m1/s1. The molecule has 37 heavy (non-hydrogen) atoms. The number of hydrogen-bond acceptors (Lipinski definition) is 4. The Labute approximate surface area is 216 Å². The van der Waals surface area contributed by atoms with Gasteiger partial charge < -0.3 is 4.90 Å². The van der Waals surface area contributed by atoms with Crippen molar-refractivity contribution in [3.63, 3.8) is 0 Å². The summed E-state index contributed by atoms with van der Waals surface area (Å²) in [6.45, 7) is 4.32. The fourth-order valence-electron chi connectivity index (χ4n) is 5.86. The molecule has 0 unspecified atom stereocenters. The number of aryl methyl sites for hydroxylation is 1. The second-order valence-corrected chi connectivity index (χ2v) is 11.2. The van der Waals surface area contributed by atoms with Crippen LogP contribution in [0.15, 0.2) is 59.9 Å². The number of nitrogens with one attached hydrogen (secondary N) is 1. The van der Waals surface area contributed by atoms with Crippen molar-refractivity contribution in [1.82, 2.24) is 20.0 Å². The van der Waals surface area contributed by atoms with E-state index in [1.807, 2.05) is 22.2 Å². The minimum absolute atomic E-state index is 0.146. The van der Waals surface area contributed by atoms with Gasteiger partial charge >= 0.3 is 0 Å². The van der Waals surface area contributed by atoms with E-state index < -0.39 is 5.54 Å². The minimum atomic E-state index is -0.536. The van der Waals surface area contributed by atoms with Crippen LogP contribution in [-0.4, -0.2) is 62.8 Å². The molecule has 7 nitrogen and oxygen atoms in total. The van der Waals surface area contributed by atoms with Gasteiger partial charge in [-0.15, -0.1) is 0 Å². The molecule has 1 spiro atoms. The van der Waals surface area contributed by atoms with Crippen molar-refractivity contribution in [3.8, 4) is 22.3 Å². The Morgan fingerprint density at radius 2 is 1.76 bits per heavy atom. The molecule has 3 fully saturated rings. The van der Waals surface area contributed by atoms with Crippen LogP contribution in [0, 0.1) is 18.8 Å². The molecule has 2 aliphatic heterocycles. The van der Waals surface area contributed by atoms with Crippen molar-refractivity contribution in [2.75, 3.05) is 19.6 Å². The molecule has 1 saturated heterocycles. The number of carbonyl (C=O) groups excluding carboxylic acids is 2. The van der Waals surface area contributed by atoms with Crippen molar-refractivity contribution >= 4 is 17.6 Å². The van der Waals surface area contributed by atoms with E-state index in [0.29, 0.717) is 18.4 Å². The van der Waals surface area contributed by atoms with E-state index in [2.05, 4.69) is 59.6 Å². The lowest BCUT2D eigenvalue weighted by Crippen LogP contribution is -2.41. The smallest absolute Gasteiger partial charge is 0.256 e. The number of benzene rings is 2. The average Bonchev–Trinajstić information content (AvgIpc) is 3.77. The van der Waals surface area contributed by atoms with Gasteiger partial charge in [0, 0.05) is 42.9 Å². The molecule has 2 aliphatic carbocycles. The van der Waals surface area contributed by atoms with Gasteiger partial charge in [-0.3, -0.25) is 24.6 Å². The number of aromatic nitrogens is 2. The summed E-state index contributed by atoms with van der Waals surface area (Å²) in [5, 5.41) is 6.90. The van der Waals surface area contributed by atoms with Crippen LogP contribution in [0.3, 0.4) is 0 Å². The van der Waals surface area contributed by atoms with Gasteiger partial charge in [-0.1, -0.05) is 42.5 Å². The third kappa shape index (κ3) is 3.97. The van der Waals surface area contributed by atoms with Gasteiger partial charge in [0.2, 0.25) is 5.91 Å². The molecule has 2 amide bonds. The van der Waals surface area contributed by atoms with Crippen molar-refractivity contribution in [1.29, 1.82) is 0 Å². The Morgan fingerprint density at radius 3 is 2.41 bits per heavy atom. The van der Waals surface area contributed by atoms with Crippen molar-refractivity contribution in [2.24, 2.45) is 16.8 Å². The zero-order valence-electron chi connectivity index (χ0n) is 21.1. The van der Waals surface area contributed by atoms with Gasteiger partial charge in [0.1, 0.15) is 11.4 Å². The molecule has 3 aromatic rings. The molecule has 1 aromatic heterocycles. The number of amides is 2. The van der Waals surface area contributed by atoms with E-state index >= 15 is 0 Å². The largest absolute Gasteiger partial charge is 0.342 e. The highest BCUT2D eigenvalue weighted by Gasteiger charge is 2.57. The molecule has 7 heteroatoms. The number of hydrogen-bond donors (Lipinski definition) is 1. The van der Waals surface area contributed by atoms with Gasteiger partial charge in [0.25, 0.3) is 5.91 Å². The molecule has 2 saturated carbocycles. The maximum Gasteiger partial charge on any atom is 0.256 e. The van der Waals surface area contributed by atoms with Gasteiger partial charge in [0.15, 0.2) is 0 Å². The maximum atomic E-state index is 13.4. The van der Waals surface area contributed by atoms with Crippen LogP contribution in [0.5, 0.6) is 0 Å². The Morgan fingerprint density at radius 1 is 1.03 bits per heavy atom. The number of aliphatic imine (C=N–C) groups is 1. The SMILES string of the molecule is Cc1cc(-c2ccc(-c3cn[nH]c3)cc2)ccc1C1=NC2(CC2)C(=O)N1C[C@@H]1CCN(C(=O)C2CC2)C1. The molecule has 1 N–H and O–H groups in total. The van der Waals surface area contributed by atoms with Crippen LogP contribution >= 0.6 is 0 Å². The second kappa shape index (κ2) is 8.40. The summed E-state index contributed by atoms with van der Waals surface area (Å²) in [4.78, 5) is 34.9. The van der Waals surface area contributed by atoms with Crippen LogP contribution in [0.4, 0.5) is 0 Å². The number of aromatic amines is 1. The van der Waals surface area contributed by atoms with Crippen LogP contribution in [-0.2, 0) is 9.59 Å². The predicted molar refractivity (Wildman–Crippen MR) is 142 cm³/mol. The lowest BCUT2D eigenvalue weighted by atomic mass is 9.97. The van der Waals surface area contributed by atoms with Crippen LogP contribution in [0.1, 0.15) is 43.2 Å². The van der Waals surface area contributed by atoms with Crippen molar-refractivity contribution in [2.45, 2.75) is 44.6 Å². The Bertz CT molecular complexity index is 1400. The molecule has 3 heterocycles. The lowest BCUT2D eigenvalue weighted by Gasteiger charge is -2.24. The zero-order valence-corrected chi connectivity index (χ0v) is 21.1. The number of amidine groups is 1. The highest BCUT2D eigenvalue weighted by atomic mass is 16.2. The third-order valence-electron chi connectivity index (χ3n) is 8.42. The molecule has 0 radical (unpaired) electrons. The van der Waals surface area contributed by atoms with Gasteiger partial charge in [-0.25, -0.2) is 0 Å². The molecule has 1 atom stereocenters. The van der Waals surface area contributed by atoms with Gasteiger partial charge in [-0.2, -0.15) is 5.10 Å². The normalized spacial score (nSPS) is 22.1. The number of likely N-dealkylation sites (tertiary alicyclic amines) is 1. The zero-order chi connectivity index (χ0) is 25.1. The molecular weight excluding hydrogens is 462 g/mol. The fraction of sp³-hybridized carbons (Fsp3) is 0.400. The highest BCUT2D eigenvalue weighted by molar-refractivity contribution is 6.17. The summed E-state index contributed by atoms with van der Waals surface area (Å²) in [6, 6.07) is 14.9. The number of carbonyl (C=O) groups is 2. The first-order valence-electron chi connectivity index (χ1n) is 13.4. The molecule has 7 rings (SSSR count). The van der Waals surface area contributed by atoms with E-state index in [9.17, 15) is 9.59 Å². The third-order valence-corrected chi connectivity index (χ3v) is 8.42. The first-order valence-corrected chi connectivity index (χ1v) is 13.4. The van der Waals surface area contributed by atoms with Crippen LogP contribution in [0.25, 0.3) is 22.3 Å². The molecular formula is C30H31N5O2. The summed E-state index contributed by atoms with van der Waals surface area (Å²) < 4.78 is 0. The first-order chi connectivity index (χ1) is 18.0. The topological polar surface area (TPSA) is 81.7 Å². The number of nitrogens with zero attached hydrogens (tertiary/aromatic N) is 4. The Hall–Kier alpha value is -3.74. The van der Waals surface area contributed by atoms with Gasteiger partial charge in [0.05, 0.1) is 6.20 Å². The second-order valence-electron chi connectivity index (χ2n) is 11.2. The molecule has 4 aliphatic rings. The maximum absolute atomic E-state index is 13.4. The summed E-state index contributed by atoms with van der Waals surface area (Å²) >= 11 is 0. The van der Waals surface area contributed by atoms with Crippen LogP contribution in [0.2, 0.25) is 0 Å². The number of rotatable bonds is 6. The average molecular weight is 494 g/mol. The highest BCUT2D eigenvalue weighted by Crippen LogP contribution is 2.46. The number of H-pyrrole nitrogens is 1. The Kier molecular flexibility index (Phi) is 5.10. The summed E-state index contributed by atoms with van der Waals surface area (Å²) in [5.41, 5.74) is 6.09. The lowest BCUT2D eigenvalue weighted by molar-refractivity contribution is -0.131. The van der Waals surface area contributed by atoms with Crippen molar-refractivity contribution in [3.05, 3.63) is 66.0 Å². The fourth-order valence-corrected chi connectivity index (χ4v) is 5.86. The van der Waals surface area contributed by atoms with Gasteiger partial charge in [-0.05, 0) is 67.2 Å². The minimum Gasteiger partial charge on any atom is -0.342 e. The van der Waals surface area contributed by atoms with Crippen molar-refractivity contribution < 1.29 is 9.59 Å². The quantitative estimate of drug-likeness (QED) is 0.552. The monoisotopic (exact) mass is 493 g/mol.